The van der Waals surface area contributed by atoms with Gasteiger partial charge in [-0.05, 0) is 35.4 Å². The van der Waals surface area contributed by atoms with Crippen molar-refractivity contribution in [3.63, 3.8) is 0 Å². The Labute approximate surface area is 83.3 Å². The molecule has 1 aliphatic rings. The molecule has 0 N–H and O–H groups in total. The SMILES string of the molecule is CC1Cc2cc3ccccc3cc2O1. The Hall–Kier alpha value is -1.50. The Balaban J connectivity index is 2.27. The van der Waals surface area contributed by atoms with Crippen molar-refractivity contribution in [1.29, 1.82) is 0 Å². The largest absolute Gasteiger partial charge is 0.490 e. The summed E-state index contributed by atoms with van der Waals surface area (Å²) in [5.74, 6) is 1.07. The number of rotatable bonds is 0. The molecule has 3 rings (SSSR count). The van der Waals surface area contributed by atoms with Crippen LogP contribution in [-0.2, 0) is 6.42 Å². The van der Waals surface area contributed by atoms with E-state index < -0.39 is 0 Å². The summed E-state index contributed by atoms with van der Waals surface area (Å²) in [6.07, 6.45) is 1.38. The Bertz CT molecular complexity index is 443. The van der Waals surface area contributed by atoms with Gasteiger partial charge in [0.25, 0.3) is 0 Å². The molecule has 1 atom stereocenters. The molecule has 0 saturated heterocycles. The van der Waals surface area contributed by atoms with E-state index in [0.717, 1.165) is 12.2 Å². The van der Waals surface area contributed by atoms with E-state index in [1.54, 1.807) is 0 Å². The predicted molar refractivity (Wildman–Crippen MR) is 57.7 cm³/mol. The van der Waals surface area contributed by atoms with Gasteiger partial charge in [-0.15, -0.1) is 0 Å². The standard InChI is InChI=1S/C13H12O/c1-9-6-12-7-10-4-2-3-5-11(10)8-13(12)14-9/h2-5,7-9H,6H2,1H3. The van der Waals surface area contributed by atoms with E-state index in [1.807, 2.05) is 0 Å². The van der Waals surface area contributed by atoms with Gasteiger partial charge < -0.3 is 4.74 Å². The van der Waals surface area contributed by atoms with Crippen LogP contribution >= 0.6 is 0 Å². The zero-order valence-electron chi connectivity index (χ0n) is 8.16. The molecule has 1 heteroatoms. The Morgan fingerprint density at radius 2 is 1.86 bits per heavy atom. The van der Waals surface area contributed by atoms with Gasteiger partial charge in [-0.25, -0.2) is 0 Å². The highest BCUT2D eigenvalue weighted by Gasteiger charge is 2.18. The van der Waals surface area contributed by atoms with Crippen LogP contribution in [-0.4, -0.2) is 6.10 Å². The summed E-state index contributed by atoms with van der Waals surface area (Å²) in [5.41, 5.74) is 1.34. The fourth-order valence-corrected chi connectivity index (χ4v) is 2.10. The molecular formula is C13H12O. The number of ether oxygens (including phenoxy) is 1. The highest BCUT2D eigenvalue weighted by atomic mass is 16.5. The molecule has 0 saturated carbocycles. The zero-order valence-corrected chi connectivity index (χ0v) is 8.16. The molecule has 1 aliphatic heterocycles. The van der Waals surface area contributed by atoms with E-state index in [-0.39, 0.29) is 0 Å². The summed E-state index contributed by atoms with van der Waals surface area (Å²) < 4.78 is 5.71. The Kier molecular flexibility index (Phi) is 1.54. The van der Waals surface area contributed by atoms with Crippen molar-refractivity contribution in [3.8, 4) is 5.75 Å². The van der Waals surface area contributed by atoms with Gasteiger partial charge >= 0.3 is 0 Å². The van der Waals surface area contributed by atoms with Crippen LogP contribution in [0.4, 0.5) is 0 Å². The first-order valence-corrected chi connectivity index (χ1v) is 5.01. The third-order valence-electron chi connectivity index (χ3n) is 2.76. The zero-order chi connectivity index (χ0) is 9.54. The first-order chi connectivity index (χ1) is 6.83. The van der Waals surface area contributed by atoms with Gasteiger partial charge in [-0.2, -0.15) is 0 Å². The van der Waals surface area contributed by atoms with Crippen LogP contribution in [0.1, 0.15) is 12.5 Å². The van der Waals surface area contributed by atoms with Crippen LogP contribution in [0.25, 0.3) is 10.8 Å². The lowest BCUT2D eigenvalue weighted by Crippen LogP contribution is -2.05. The number of hydrogen-bond acceptors (Lipinski definition) is 1. The average Bonchev–Trinajstić information content (AvgIpc) is 2.53. The molecule has 0 spiro atoms. The van der Waals surface area contributed by atoms with Gasteiger partial charge in [0.2, 0.25) is 0 Å². The molecule has 0 amide bonds. The fraction of sp³-hybridized carbons (Fsp3) is 0.231. The maximum absolute atomic E-state index is 5.71. The van der Waals surface area contributed by atoms with Crippen LogP contribution in [0.3, 0.4) is 0 Å². The van der Waals surface area contributed by atoms with Gasteiger partial charge in [-0.3, -0.25) is 0 Å². The minimum Gasteiger partial charge on any atom is -0.490 e. The van der Waals surface area contributed by atoms with Crippen molar-refractivity contribution in [3.05, 3.63) is 42.0 Å². The third-order valence-corrected chi connectivity index (χ3v) is 2.76. The number of hydrogen-bond donors (Lipinski definition) is 0. The Morgan fingerprint density at radius 3 is 2.64 bits per heavy atom. The van der Waals surface area contributed by atoms with E-state index in [0.29, 0.717) is 6.10 Å². The molecule has 14 heavy (non-hydrogen) atoms. The second-order valence-electron chi connectivity index (χ2n) is 3.94. The Morgan fingerprint density at radius 1 is 1.14 bits per heavy atom. The second kappa shape index (κ2) is 2.74. The number of benzene rings is 2. The molecule has 1 unspecified atom stereocenters. The maximum Gasteiger partial charge on any atom is 0.123 e. The summed E-state index contributed by atoms with van der Waals surface area (Å²) in [6.45, 7) is 2.12. The van der Waals surface area contributed by atoms with Crippen molar-refractivity contribution in [2.75, 3.05) is 0 Å². The predicted octanol–water partition coefficient (Wildman–Crippen LogP) is 3.16. The van der Waals surface area contributed by atoms with Crippen LogP contribution < -0.4 is 4.74 Å². The molecule has 0 radical (unpaired) electrons. The minimum atomic E-state index is 0.335. The summed E-state index contributed by atoms with van der Waals surface area (Å²) in [5, 5.41) is 2.57. The van der Waals surface area contributed by atoms with E-state index >= 15 is 0 Å². The lowest BCUT2D eigenvalue weighted by Gasteiger charge is -2.03. The average molecular weight is 184 g/mol. The summed E-state index contributed by atoms with van der Waals surface area (Å²) in [4.78, 5) is 0. The van der Waals surface area contributed by atoms with Gasteiger partial charge in [0.1, 0.15) is 11.9 Å². The number of fused-ring (bicyclic) bond motifs is 2. The molecule has 2 aromatic rings. The lowest BCUT2D eigenvalue weighted by atomic mass is 10.0. The second-order valence-corrected chi connectivity index (χ2v) is 3.94. The molecule has 70 valence electrons. The van der Waals surface area contributed by atoms with Crippen molar-refractivity contribution in [2.45, 2.75) is 19.4 Å². The van der Waals surface area contributed by atoms with E-state index in [2.05, 4.69) is 43.3 Å². The van der Waals surface area contributed by atoms with Crippen LogP contribution in [0.5, 0.6) is 5.75 Å². The molecule has 1 heterocycles. The lowest BCUT2D eigenvalue weighted by molar-refractivity contribution is 0.255. The smallest absolute Gasteiger partial charge is 0.123 e. The molecule has 0 aliphatic carbocycles. The first-order valence-electron chi connectivity index (χ1n) is 5.01. The fourth-order valence-electron chi connectivity index (χ4n) is 2.10. The topological polar surface area (TPSA) is 9.23 Å². The summed E-state index contributed by atoms with van der Waals surface area (Å²) in [7, 11) is 0. The van der Waals surface area contributed by atoms with Crippen molar-refractivity contribution < 1.29 is 4.74 Å². The van der Waals surface area contributed by atoms with Crippen molar-refractivity contribution in [1.82, 2.24) is 0 Å². The van der Waals surface area contributed by atoms with Crippen molar-refractivity contribution in [2.24, 2.45) is 0 Å². The molecule has 0 bridgehead atoms. The normalized spacial score (nSPS) is 19.4. The van der Waals surface area contributed by atoms with Crippen molar-refractivity contribution >= 4 is 10.8 Å². The molecule has 1 nitrogen and oxygen atoms in total. The minimum absolute atomic E-state index is 0.335. The van der Waals surface area contributed by atoms with Gasteiger partial charge in [0.05, 0.1) is 0 Å². The van der Waals surface area contributed by atoms with Crippen LogP contribution in [0.2, 0.25) is 0 Å². The molecular weight excluding hydrogens is 172 g/mol. The van der Waals surface area contributed by atoms with Gasteiger partial charge in [0, 0.05) is 6.42 Å². The quantitative estimate of drug-likeness (QED) is 0.611. The van der Waals surface area contributed by atoms with Crippen LogP contribution in [0, 0.1) is 0 Å². The molecule has 0 aromatic heterocycles. The maximum atomic E-state index is 5.71. The van der Waals surface area contributed by atoms with E-state index in [1.165, 1.54) is 16.3 Å². The molecule has 0 fully saturated rings. The molecule has 2 aromatic carbocycles. The van der Waals surface area contributed by atoms with E-state index in [4.69, 9.17) is 4.74 Å². The van der Waals surface area contributed by atoms with E-state index in [9.17, 15) is 0 Å². The monoisotopic (exact) mass is 184 g/mol. The highest BCUT2D eigenvalue weighted by Crippen LogP contribution is 2.32. The summed E-state index contributed by atoms with van der Waals surface area (Å²) >= 11 is 0. The first kappa shape index (κ1) is 7.86. The third kappa shape index (κ3) is 1.09. The van der Waals surface area contributed by atoms with Gasteiger partial charge in [-0.1, -0.05) is 24.3 Å². The highest BCUT2D eigenvalue weighted by molar-refractivity contribution is 5.85. The van der Waals surface area contributed by atoms with Crippen LogP contribution in [0.15, 0.2) is 36.4 Å². The van der Waals surface area contributed by atoms with Gasteiger partial charge in [0.15, 0.2) is 0 Å². The summed E-state index contributed by atoms with van der Waals surface area (Å²) in [6, 6.07) is 12.8.